The third kappa shape index (κ3) is 4.44. The van der Waals surface area contributed by atoms with Gasteiger partial charge in [0.1, 0.15) is 5.69 Å². The van der Waals surface area contributed by atoms with Crippen molar-refractivity contribution in [1.29, 1.82) is 0 Å². The number of carbonyl (C=O) groups is 3. The Balaban J connectivity index is 1.78. The minimum atomic E-state index is -0.996. The van der Waals surface area contributed by atoms with Gasteiger partial charge in [-0.25, -0.2) is 0 Å². The number of nitrogens with one attached hydrogen (secondary N) is 2. The molecule has 2 aromatic carbocycles. The fourth-order valence-corrected chi connectivity index (χ4v) is 2.69. The van der Waals surface area contributed by atoms with E-state index in [1.807, 2.05) is 6.07 Å². The van der Waals surface area contributed by atoms with Gasteiger partial charge in [0.05, 0.1) is 24.0 Å². The Hall–Kier alpha value is -4.07. The second kappa shape index (κ2) is 8.75. The molecular weight excluding hydrogens is 372 g/mol. The molecule has 3 rings (SSSR count). The highest BCUT2D eigenvalue weighted by Crippen LogP contribution is 2.16. The summed E-state index contributed by atoms with van der Waals surface area (Å²) in [6.45, 7) is 0. The van der Waals surface area contributed by atoms with Crippen LogP contribution in [0.4, 0.5) is 11.4 Å². The lowest BCUT2D eigenvalue weighted by Gasteiger charge is -2.12. The van der Waals surface area contributed by atoms with Gasteiger partial charge < -0.3 is 10.6 Å². The molecule has 0 saturated heterocycles. The Morgan fingerprint density at radius 2 is 1.59 bits per heavy atom. The molecule has 0 aliphatic carbocycles. The summed E-state index contributed by atoms with van der Waals surface area (Å²) in [6, 6.07) is 17.0. The van der Waals surface area contributed by atoms with Crippen LogP contribution in [0.2, 0.25) is 0 Å². The third-order valence-electron chi connectivity index (χ3n) is 4.15. The van der Waals surface area contributed by atoms with Crippen molar-refractivity contribution in [3.05, 3.63) is 82.8 Å². The number of aromatic nitrogens is 2. The molecule has 0 aliphatic heterocycles. The van der Waals surface area contributed by atoms with Crippen molar-refractivity contribution in [2.24, 2.45) is 0 Å². The standard InChI is InChI=1S/C21H18N4O4/c1-22-19-16(13-23-25(21(19)29)15-10-6-3-7-11-15)24-20(28)18(27)12-17(26)14-8-4-2-5-9-14/h2-11,13,22H,12H2,1H3,(H,24,28). The van der Waals surface area contributed by atoms with Crippen molar-refractivity contribution in [2.45, 2.75) is 6.42 Å². The van der Waals surface area contributed by atoms with Crippen LogP contribution < -0.4 is 16.2 Å². The first-order valence-electron chi connectivity index (χ1n) is 8.79. The summed E-state index contributed by atoms with van der Waals surface area (Å²) in [5, 5.41) is 9.13. The molecule has 0 spiro atoms. The summed E-state index contributed by atoms with van der Waals surface area (Å²) in [7, 11) is 1.52. The van der Waals surface area contributed by atoms with Gasteiger partial charge in [0.15, 0.2) is 5.78 Å². The maximum Gasteiger partial charge on any atom is 0.296 e. The largest absolute Gasteiger partial charge is 0.382 e. The number of hydrogen-bond acceptors (Lipinski definition) is 6. The summed E-state index contributed by atoms with van der Waals surface area (Å²) in [6.07, 6.45) is 0.698. The molecule has 146 valence electrons. The predicted molar refractivity (Wildman–Crippen MR) is 108 cm³/mol. The van der Waals surface area contributed by atoms with Gasteiger partial charge in [0.2, 0.25) is 5.78 Å². The van der Waals surface area contributed by atoms with Crippen LogP contribution in [0.3, 0.4) is 0 Å². The fourth-order valence-electron chi connectivity index (χ4n) is 2.69. The highest BCUT2D eigenvalue weighted by Gasteiger charge is 2.21. The number of nitrogens with zero attached hydrogens (tertiary/aromatic N) is 2. The van der Waals surface area contributed by atoms with Crippen molar-refractivity contribution < 1.29 is 14.4 Å². The summed E-state index contributed by atoms with van der Waals surface area (Å²) >= 11 is 0. The number of ketones is 2. The molecule has 0 fully saturated rings. The number of carbonyl (C=O) groups excluding carboxylic acids is 3. The van der Waals surface area contributed by atoms with Gasteiger partial charge >= 0.3 is 0 Å². The first-order chi connectivity index (χ1) is 14.0. The molecule has 1 aromatic heterocycles. The van der Waals surface area contributed by atoms with Crippen LogP contribution in [0, 0.1) is 0 Å². The second-order valence-corrected chi connectivity index (χ2v) is 6.08. The van der Waals surface area contributed by atoms with E-state index in [4.69, 9.17) is 0 Å². The minimum Gasteiger partial charge on any atom is -0.382 e. The number of para-hydroxylation sites is 1. The smallest absolute Gasteiger partial charge is 0.296 e. The second-order valence-electron chi connectivity index (χ2n) is 6.08. The molecule has 8 heteroatoms. The Bertz CT molecular complexity index is 1110. The van der Waals surface area contributed by atoms with Crippen molar-refractivity contribution in [2.75, 3.05) is 17.7 Å². The lowest BCUT2D eigenvalue weighted by atomic mass is 10.1. The molecule has 0 aliphatic rings. The average Bonchev–Trinajstić information content (AvgIpc) is 2.75. The molecule has 1 heterocycles. The fraction of sp³-hybridized carbons (Fsp3) is 0.0952. The minimum absolute atomic E-state index is 0.0511. The van der Waals surface area contributed by atoms with Crippen LogP contribution in [0.15, 0.2) is 71.7 Å². The number of Topliss-reactive ketones (excluding diaryl/α,β-unsaturated/α-hetero) is 2. The molecule has 0 bridgehead atoms. The first kappa shape index (κ1) is 19.7. The van der Waals surface area contributed by atoms with Crippen LogP contribution in [0.25, 0.3) is 5.69 Å². The van der Waals surface area contributed by atoms with Crippen molar-refractivity contribution in [1.82, 2.24) is 9.78 Å². The first-order valence-corrected chi connectivity index (χ1v) is 8.79. The van der Waals surface area contributed by atoms with Gasteiger partial charge in [0.25, 0.3) is 11.5 Å². The molecule has 0 unspecified atom stereocenters. The zero-order valence-electron chi connectivity index (χ0n) is 15.6. The SMILES string of the molecule is CNc1c(NC(=O)C(=O)CC(=O)c2ccccc2)cnn(-c2ccccc2)c1=O. The van der Waals surface area contributed by atoms with E-state index in [9.17, 15) is 19.2 Å². The maximum absolute atomic E-state index is 12.7. The number of anilines is 2. The molecular formula is C21H18N4O4. The van der Waals surface area contributed by atoms with Gasteiger partial charge in [-0.1, -0.05) is 48.5 Å². The Labute approximate surface area is 166 Å². The lowest BCUT2D eigenvalue weighted by Crippen LogP contribution is -2.29. The van der Waals surface area contributed by atoms with E-state index in [0.29, 0.717) is 11.3 Å². The van der Waals surface area contributed by atoms with Crippen LogP contribution in [-0.4, -0.2) is 34.3 Å². The Morgan fingerprint density at radius 1 is 0.966 bits per heavy atom. The van der Waals surface area contributed by atoms with E-state index >= 15 is 0 Å². The third-order valence-corrected chi connectivity index (χ3v) is 4.15. The average molecular weight is 390 g/mol. The molecule has 3 aromatic rings. The number of rotatable bonds is 7. The molecule has 1 amide bonds. The van der Waals surface area contributed by atoms with E-state index < -0.39 is 29.5 Å². The summed E-state index contributed by atoms with van der Waals surface area (Å²) in [5.74, 6) is -2.37. The zero-order valence-corrected chi connectivity index (χ0v) is 15.6. The quantitative estimate of drug-likeness (QED) is 0.363. The normalized spacial score (nSPS) is 10.2. The van der Waals surface area contributed by atoms with Gasteiger partial charge in [-0.3, -0.25) is 19.2 Å². The molecule has 2 N–H and O–H groups in total. The molecule has 29 heavy (non-hydrogen) atoms. The van der Waals surface area contributed by atoms with Crippen LogP contribution in [0.5, 0.6) is 0 Å². The van der Waals surface area contributed by atoms with Crippen molar-refractivity contribution >= 4 is 28.8 Å². The number of hydrogen-bond donors (Lipinski definition) is 2. The van der Waals surface area contributed by atoms with Gasteiger partial charge in [-0.2, -0.15) is 9.78 Å². The van der Waals surface area contributed by atoms with Gasteiger partial charge in [-0.15, -0.1) is 0 Å². The number of amides is 1. The van der Waals surface area contributed by atoms with E-state index in [0.717, 1.165) is 0 Å². The van der Waals surface area contributed by atoms with Crippen LogP contribution in [0.1, 0.15) is 16.8 Å². The van der Waals surface area contributed by atoms with E-state index in [1.165, 1.54) is 17.9 Å². The molecule has 0 atom stereocenters. The van der Waals surface area contributed by atoms with Gasteiger partial charge in [0, 0.05) is 12.6 Å². The zero-order chi connectivity index (χ0) is 20.8. The highest BCUT2D eigenvalue weighted by atomic mass is 16.2. The van der Waals surface area contributed by atoms with E-state index in [2.05, 4.69) is 15.7 Å². The molecule has 8 nitrogen and oxygen atoms in total. The van der Waals surface area contributed by atoms with Gasteiger partial charge in [-0.05, 0) is 12.1 Å². The van der Waals surface area contributed by atoms with Crippen molar-refractivity contribution in [3.8, 4) is 5.69 Å². The predicted octanol–water partition coefficient (Wildman–Crippen LogP) is 2.05. The monoisotopic (exact) mass is 390 g/mol. The highest BCUT2D eigenvalue weighted by molar-refractivity contribution is 6.44. The molecule has 0 saturated carbocycles. The summed E-state index contributed by atoms with van der Waals surface area (Å²) in [5.41, 5.74) is 0.520. The topological polar surface area (TPSA) is 110 Å². The summed E-state index contributed by atoms with van der Waals surface area (Å²) < 4.78 is 1.17. The van der Waals surface area contributed by atoms with Crippen molar-refractivity contribution in [3.63, 3.8) is 0 Å². The van der Waals surface area contributed by atoms with E-state index in [-0.39, 0.29) is 11.4 Å². The van der Waals surface area contributed by atoms with Crippen LogP contribution >= 0.6 is 0 Å². The maximum atomic E-state index is 12.7. The Kier molecular flexibility index (Phi) is 5.94. The van der Waals surface area contributed by atoms with Crippen LogP contribution in [-0.2, 0) is 9.59 Å². The summed E-state index contributed by atoms with van der Waals surface area (Å²) in [4.78, 5) is 49.2. The number of benzene rings is 2. The van der Waals surface area contributed by atoms with E-state index in [1.54, 1.807) is 54.6 Å². The Morgan fingerprint density at radius 3 is 2.21 bits per heavy atom. The lowest BCUT2D eigenvalue weighted by molar-refractivity contribution is -0.134. The molecule has 0 radical (unpaired) electrons.